The number of nitrogens with one attached hydrogen (secondary N) is 2. The van der Waals surface area contributed by atoms with E-state index >= 15 is 0 Å². The second kappa shape index (κ2) is 10.4. The molecule has 148 valence electrons. The van der Waals surface area contributed by atoms with Gasteiger partial charge in [-0.2, -0.15) is 5.10 Å². The molecule has 0 aliphatic carbocycles. The Bertz CT molecular complexity index is 727. The SMILES string of the molecule is Cc1nn(Cc2ccccc2)c(C)c1CNC(=O)CNCC1CCCO1.Cl. The first-order chi connectivity index (χ1) is 12.6. The highest BCUT2D eigenvalue weighted by Gasteiger charge is 2.16. The van der Waals surface area contributed by atoms with Crippen LogP contribution in [0.25, 0.3) is 0 Å². The maximum atomic E-state index is 12.1. The molecule has 0 radical (unpaired) electrons. The minimum atomic E-state index is -0.00222. The lowest BCUT2D eigenvalue weighted by Gasteiger charge is -2.11. The zero-order valence-corrected chi connectivity index (χ0v) is 16.8. The lowest BCUT2D eigenvalue weighted by molar-refractivity contribution is -0.120. The Morgan fingerprint density at radius 3 is 2.78 bits per heavy atom. The number of halogens is 1. The van der Waals surface area contributed by atoms with Gasteiger partial charge >= 0.3 is 0 Å². The van der Waals surface area contributed by atoms with Crippen LogP contribution in [0.5, 0.6) is 0 Å². The largest absolute Gasteiger partial charge is 0.377 e. The summed E-state index contributed by atoms with van der Waals surface area (Å²) in [5, 5.41) is 10.8. The fraction of sp³-hybridized carbons (Fsp3) is 0.500. The van der Waals surface area contributed by atoms with Gasteiger partial charge in [0.05, 0.1) is 24.9 Å². The predicted molar refractivity (Wildman–Crippen MR) is 108 cm³/mol. The van der Waals surface area contributed by atoms with E-state index in [0.29, 0.717) is 13.1 Å². The van der Waals surface area contributed by atoms with Gasteiger partial charge in [0, 0.05) is 31.0 Å². The summed E-state index contributed by atoms with van der Waals surface area (Å²) in [7, 11) is 0. The van der Waals surface area contributed by atoms with E-state index < -0.39 is 0 Å². The lowest BCUT2D eigenvalue weighted by atomic mass is 10.2. The Balaban J connectivity index is 0.00000261. The average molecular weight is 393 g/mol. The highest BCUT2D eigenvalue weighted by Crippen LogP contribution is 2.14. The van der Waals surface area contributed by atoms with E-state index in [0.717, 1.165) is 49.5 Å². The smallest absolute Gasteiger partial charge is 0.234 e. The maximum Gasteiger partial charge on any atom is 0.234 e. The zero-order chi connectivity index (χ0) is 18.4. The number of ether oxygens (including phenoxy) is 1. The molecule has 2 N–H and O–H groups in total. The molecule has 1 aliphatic rings. The third-order valence-electron chi connectivity index (χ3n) is 4.85. The Morgan fingerprint density at radius 2 is 2.07 bits per heavy atom. The number of carbonyl (C=O) groups excluding carboxylic acids is 1. The van der Waals surface area contributed by atoms with E-state index in [1.54, 1.807) is 0 Å². The van der Waals surface area contributed by atoms with Crippen LogP contribution in [-0.4, -0.2) is 41.5 Å². The number of amides is 1. The van der Waals surface area contributed by atoms with Gasteiger partial charge in [-0.25, -0.2) is 0 Å². The van der Waals surface area contributed by atoms with Crippen molar-refractivity contribution < 1.29 is 9.53 Å². The molecule has 0 bridgehead atoms. The van der Waals surface area contributed by atoms with Crippen LogP contribution in [0.1, 0.15) is 35.4 Å². The molecule has 2 heterocycles. The molecule has 1 unspecified atom stereocenters. The van der Waals surface area contributed by atoms with Gasteiger partial charge in [0.15, 0.2) is 0 Å². The van der Waals surface area contributed by atoms with Crippen molar-refractivity contribution in [1.82, 2.24) is 20.4 Å². The summed E-state index contributed by atoms with van der Waals surface area (Å²) in [6.07, 6.45) is 2.45. The highest BCUT2D eigenvalue weighted by atomic mass is 35.5. The van der Waals surface area contributed by atoms with Crippen molar-refractivity contribution in [3.05, 3.63) is 52.8 Å². The first kappa shape index (κ1) is 21.4. The maximum absolute atomic E-state index is 12.1. The minimum Gasteiger partial charge on any atom is -0.377 e. The molecular weight excluding hydrogens is 364 g/mol. The molecule has 7 heteroatoms. The van der Waals surface area contributed by atoms with E-state index in [4.69, 9.17) is 4.74 Å². The summed E-state index contributed by atoms with van der Waals surface area (Å²) in [6, 6.07) is 10.3. The molecule has 1 amide bonds. The van der Waals surface area contributed by atoms with E-state index in [1.165, 1.54) is 5.56 Å². The Hall–Kier alpha value is -1.89. The van der Waals surface area contributed by atoms with Gasteiger partial charge in [0.1, 0.15) is 0 Å². The number of aryl methyl sites for hydroxylation is 1. The Labute approximate surface area is 167 Å². The number of hydrogen-bond acceptors (Lipinski definition) is 4. The lowest BCUT2D eigenvalue weighted by Crippen LogP contribution is -2.37. The molecule has 1 aliphatic heterocycles. The van der Waals surface area contributed by atoms with E-state index in [9.17, 15) is 4.79 Å². The van der Waals surface area contributed by atoms with E-state index in [2.05, 4.69) is 34.8 Å². The van der Waals surface area contributed by atoms with Crippen molar-refractivity contribution in [1.29, 1.82) is 0 Å². The average Bonchev–Trinajstić information content (AvgIpc) is 3.23. The molecule has 3 rings (SSSR count). The number of nitrogens with zero attached hydrogens (tertiary/aromatic N) is 2. The second-order valence-electron chi connectivity index (χ2n) is 6.84. The van der Waals surface area contributed by atoms with Gasteiger partial charge in [-0.05, 0) is 32.3 Å². The van der Waals surface area contributed by atoms with Crippen LogP contribution >= 0.6 is 12.4 Å². The summed E-state index contributed by atoms with van der Waals surface area (Å²) in [5.41, 5.74) is 4.37. The summed E-state index contributed by atoms with van der Waals surface area (Å²) < 4.78 is 7.54. The third kappa shape index (κ3) is 6.06. The van der Waals surface area contributed by atoms with Crippen LogP contribution in [0.3, 0.4) is 0 Å². The zero-order valence-electron chi connectivity index (χ0n) is 16.0. The van der Waals surface area contributed by atoms with Gasteiger partial charge in [0.25, 0.3) is 0 Å². The van der Waals surface area contributed by atoms with Crippen LogP contribution in [0.2, 0.25) is 0 Å². The summed E-state index contributed by atoms with van der Waals surface area (Å²) in [5.74, 6) is -0.00222. The first-order valence-corrected chi connectivity index (χ1v) is 9.29. The highest BCUT2D eigenvalue weighted by molar-refractivity contribution is 5.85. The number of hydrogen-bond donors (Lipinski definition) is 2. The van der Waals surface area contributed by atoms with Gasteiger partial charge in [-0.1, -0.05) is 30.3 Å². The summed E-state index contributed by atoms with van der Waals surface area (Å²) in [4.78, 5) is 12.1. The van der Waals surface area contributed by atoms with Crippen LogP contribution in [0, 0.1) is 13.8 Å². The van der Waals surface area contributed by atoms with Crippen molar-refractivity contribution in [3.63, 3.8) is 0 Å². The number of aromatic nitrogens is 2. The van der Waals surface area contributed by atoms with Crippen molar-refractivity contribution in [3.8, 4) is 0 Å². The van der Waals surface area contributed by atoms with Crippen molar-refractivity contribution in [2.45, 2.75) is 45.9 Å². The van der Waals surface area contributed by atoms with Gasteiger partial charge in [0.2, 0.25) is 5.91 Å². The van der Waals surface area contributed by atoms with Crippen LogP contribution in [0.4, 0.5) is 0 Å². The monoisotopic (exact) mass is 392 g/mol. The molecule has 1 aromatic carbocycles. The number of carbonyl (C=O) groups is 1. The molecule has 1 saturated heterocycles. The molecule has 1 aromatic heterocycles. The molecule has 1 atom stereocenters. The number of rotatable bonds is 8. The molecule has 6 nitrogen and oxygen atoms in total. The van der Waals surface area contributed by atoms with Crippen molar-refractivity contribution in [2.75, 3.05) is 19.7 Å². The van der Waals surface area contributed by atoms with Crippen molar-refractivity contribution in [2.24, 2.45) is 0 Å². The molecule has 0 spiro atoms. The summed E-state index contributed by atoms with van der Waals surface area (Å²) in [6.45, 7) is 7.18. The first-order valence-electron chi connectivity index (χ1n) is 9.29. The second-order valence-corrected chi connectivity index (χ2v) is 6.84. The van der Waals surface area contributed by atoms with E-state index in [1.807, 2.05) is 29.8 Å². The Kier molecular flexibility index (Phi) is 8.28. The predicted octanol–water partition coefficient (Wildman–Crippen LogP) is 2.35. The standard InChI is InChI=1S/C20H28N4O2.ClH/c1-15-19(12-22-20(25)13-21-11-18-9-6-10-26-18)16(2)24(23-15)14-17-7-4-3-5-8-17;/h3-5,7-8,18,21H,6,9-14H2,1-2H3,(H,22,25);1H. The van der Waals surface area contributed by atoms with Crippen LogP contribution in [-0.2, 0) is 22.6 Å². The molecule has 1 fully saturated rings. The number of benzene rings is 1. The summed E-state index contributed by atoms with van der Waals surface area (Å²) >= 11 is 0. The molecule has 27 heavy (non-hydrogen) atoms. The molecule has 2 aromatic rings. The van der Waals surface area contributed by atoms with Crippen LogP contribution < -0.4 is 10.6 Å². The third-order valence-corrected chi connectivity index (χ3v) is 4.85. The Morgan fingerprint density at radius 1 is 1.30 bits per heavy atom. The van der Waals surface area contributed by atoms with Gasteiger partial charge < -0.3 is 15.4 Å². The van der Waals surface area contributed by atoms with Gasteiger partial charge in [-0.15, -0.1) is 12.4 Å². The fourth-order valence-corrected chi connectivity index (χ4v) is 3.30. The van der Waals surface area contributed by atoms with Gasteiger partial charge in [-0.3, -0.25) is 9.48 Å². The van der Waals surface area contributed by atoms with Crippen LogP contribution in [0.15, 0.2) is 30.3 Å². The fourth-order valence-electron chi connectivity index (χ4n) is 3.30. The van der Waals surface area contributed by atoms with Crippen molar-refractivity contribution >= 4 is 18.3 Å². The quantitative estimate of drug-likeness (QED) is 0.723. The molecular formula is C20H29ClN4O2. The molecule has 0 saturated carbocycles. The minimum absolute atomic E-state index is 0. The van der Waals surface area contributed by atoms with E-state index in [-0.39, 0.29) is 24.4 Å². The topological polar surface area (TPSA) is 68.2 Å². The normalized spacial score (nSPS) is 16.1.